The van der Waals surface area contributed by atoms with E-state index in [4.69, 9.17) is 23.2 Å². The van der Waals surface area contributed by atoms with Gasteiger partial charge in [0.25, 0.3) is 0 Å². The number of nitrogens with zero attached hydrogens (tertiary/aromatic N) is 1. The van der Waals surface area contributed by atoms with E-state index in [0.717, 1.165) is 0 Å². The molecule has 0 aromatic heterocycles. The third-order valence-electron chi connectivity index (χ3n) is 3.28. The third kappa shape index (κ3) is 4.98. The highest BCUT2D eigenvalue weighted by Crippen LogP contribution is 2.26. The number of benzene rings is 2. The molecule has 5 nitrogen and oxygen atoms in total. The van der Waals surface area contributed by atoms with Gasteiger partial charge in [-0.1, -0.05) is 53.2 Å². The Hall–Kier alpha value is -2.02. The summed E-state index contributed by atoms with van der Waals surface area (Å²) in [6.07, 6.45) is 0.0681. The van der Waals surface area contributed by atoms with E-state index in [-0.39, 0.29) is 18.2 Å². The fraction of sp³-hybridized carbons (Fsp3) is 0.118. The van der Waals surface area contributed by atoms with Crippen molar-refractivity contribution in [3.8, 4) is 0 Å². The average molecular weight is 394 g/mol. The molecule has 1 fully saturated rings. The first-order chi connectivity index (χ1) is 12.0. The normalized spacial score (nSPS) is 18.7. The SMILES string of the molecule is O=C1C[C@H](C(=O)Nc2cc(Cl)cc(Cl)c2)SC(=Nc2ccccc2)N1. The molecule has 0 bridgehead atoms. The lowest BCUT2D eigenvalue weighted by atomic mass is 10.2. The lowest BCUT2D eigenvalue weighted by molar-refractivity contribution is -0.123. The summed E-state index contributed by atoms with van der Waals surface area (Å²) in [5.41, 5.74) is 1.18. The van der Waals surface area contributed by atoms with Gasteiger partial charge in [0.15, 0.2) is 5.17 Å². The Morgan fingerprint density at radius 3 is 2.52 bits per heavy atom. The van der Waals surface area contributed by atoms with Crippen LogP contribution in [0.3, 0.4) is 0 Å². The largest absolute Gasteiger partial charge is 0.325 e. The molecule has 128 valence electrons. The first kappa shape index (κ1) is 17.8. The van der Waals surface area contributed by atoms with Crippen LogP contribution >= 0.6 is 35.0 Å². The van der Waals surface area contributed by atoms with Crippen LogP contribution in [0.4, 0.5) is 11.4 Å². The Morgan fingerprint density at radius 1 is 1.16 bits per heavy atom. The highest BCUT2D eigenvalue weighted by molar-refractivity contribution is 8.15. The summed E-state index contributed by atoms with van der Waals surface area (Å²) >= 11 is 13.1. The first-order valence-corrected chi connectivity index (χ1v) is 9.00. The molecule has 2 aromatic carbocycles. The van der Waals surface area contributed by atoms with Gasteiger partial charge in [-0.15, -0.1) is 0 Å². The molecule has 0 saturated carbocycles. The van der Waals surface area contributed by atoms with Gasteiger partial charge < -0.3 is 10.6 Å². The monoisotopic (exact) mass is 393 g/mol. The maximum absolute atomic E-state index is 12.5. The number of carbonyl (C=O) groups excluding carboxylic acids is 2. The molecule has 0 aliphatic carbocycles. The number of halogens is 2. The summed E-state index contributed by atoms with van der Waals surface area (Å²) in [4.78, 5) is 28.8. The summed E-state index contributed by atoms with van der Waals surface area (Å²) in [5.74, 6) is -0.559. The van der Waals surface area contributed by atoms with Gasteiger partial charge in [0.2, 0.25) is 11.8 Å². The zero-order chi connectivity index (χ0) is 17.8. The molecule has 2 aromatic rings. The number of rotatable bonds is 3. The molecule has 0 spiro atoms. The average Bonchev–Trinajstić information content (AvgIpc) is 2.54. The van der Waals surface area contributed by atoms with Gasteiger partial charge in [-0.25, -0.2) is 4.99 Å². The molecule has 3 rings (SSSR count). The van der Waals surface area contributed by atoms with Crippen LogP contribution < -0.4 is 10.6 Å². The van der Waals surface area contributed by atoms with Crippen molar-refractivity contribution in [3.05, 3.63) is 58.6 Å². The van der Waals surface area contributed by atoms with Crippen molar-refractivity contribution in [1.82, 2.24) is 5.32 Å². The van der Waals surface area contributed by atoms with Gasteiger partial charge in [-0.3, -0.25) is 9.59 Å². The molecule has 0 unspecified atom stereocenters. The van der Waals surface area contributed by atoms with E-state index in [1.165, 1.54) is 11.8 Å². The molecular weight excluding hydrogens is 381 g/mol. The van der Waals surface area contributed by atoms with E-state index < -0.39 is 5.25 Å². The quantitative estimate of drug-likeness (QED) is 0.818. The number of amidine groups is 1. The number of para-hydroxylation sites is 1. The van der Waals surface area contributed by atoms with Crippen LogP contribution in [0.25, 0.3) is 0 Å². The lowest BCUT2D eigenvalue weighted by Gasteiger charge is -2.22. The molecular formula is C17H13Cl2N3O2S. The van der Waals surface area contributed by atoms with E-state index >= 15 is 0 Å². The summed E-state index contributed by atoms with van der Waals surface area (Å²) in [6, 6.07) is 14.0. The lowest BCUT2D eigenvalue weighted by Crippen LogP contribution is -2.41. The van der Waals surface area contributed by atoms with Crippen LogP contribution in [-0.4, -0.2) is 22.2 Å². The van der Waals surface area contributed by atoms with Crippen molar-refractivity contribution in [2.45, 2.75) is 11.7 Å². The van der Waals surface area contributed by atoms with Crippen LogP contribution in [0.2, 0.25) is 10.0 Å². The Balaban J connectivity index is 1.73. The van der Waals surface area contributed by atoms with Gasteiger partial charge in [0, 0.05) is 22.2 Å². The van der Waals surface area contributed by atoms with Crippen molar-refractivity contribution in [3.63, 3.8) is 0 Å². The van der Waals surface area contributed by atoms with Crippen molar-refractivity contribution in [1.29, 1.82) is 0 Å². The first-order valence-electron chi connectivity index (χ1n) is 7.37. The summed E-state index contributed by atoms with van der Waals surface area (Å²) in [7, 11) is 0. The minimum Gasteiger partial charge on any atom is -0.325 e. The minimum atomic E-state index is -0.589. The second-order valence-electron chi connectivity index (χ2n) is 5.26. The fourth-order valence-electron chi connectivity index (χ4n) is 2.21. The maximum Gasteiger partial charge on any atom is 0.238 e. The summed E-state index contributed by atoms with van der Waals surface area (Å²) in [6.45, 7) is 0. The Bertz CT molecular complexity index is 823. The van der Waals surface area contributed by atoms with Crippen LogP contribution in [0, 0.1) is 0 Å². The van der Waals surface area contributed by atoms with Crippen LogP contribution in [0.1, 0.15) is 6.42 Å². The number of anilines is 1. The number of hydrogen-bond donors (Lipinski definition) is 2. The van der Waals surface area contributed by atoms with Crippen molar-refractivity contribution >= 4 is 63.3 Å². The number of nitrogens with one attached hydrogen (secondary N) is 2. The van der Waals surface area contributed by atoms with E-state index in [9.17, 15) is 9.59 Å². The Labute approximate surface area is 158 Å². The molecule has 2 amide bonds. The third-order valence-corrected chi connectivity index (χ3v) is 4.80. The summed E-state index contributed by atoms with van der Waals surface area (Å²) < 4.78 is 0. The second kappa shape index (κ2) is 7.91. The molecule has 0 radical (unpaired) electrons. The van der Waals surface area contributed by atoms with E-state index in [2.05, 4.69) is 15.6 Å². The van der Waals surface area contributed by atoms with Gasteiger partial charge in [0.1, 0.15) is 5.25 Å². The van der Waals surface area contributed by atoms with E-state index in [1.54, 1.807) is 18.2 Å². The molecule has 1 heterocycles. The van der Waals surface area contributed by atoms with Gasteiger partial charge in [-0.2, -0.15) is 0 Å². The molecule has 1 saturated heterocycles. The number of aliphatic imine (C=N–C) groups is 1. The van der Waals surface area contributed by atoms with Gasteiger partial charge >= 0.3 is 0 Å². The van der Waals surface area contributed by atoms with E-state index in [1.807, 2.05) is 30.3 Å². The van der Waals surface area contributed by atoms with Crippen molar-refractivity contribution in [2.24, 2.45) is 4.99 Å². The molecule has 25 heavy (non-hydrogen) atoms. The Morgan fingerprint density at radius 2 is 1.84 bits per heavy atom. The van der Waals surface area contributed by atoms with E-state index in [0.29, 0.717) is 26.6 Å². The smallest absolute Gasteiger partial charge is 0.238 e. The van der Waals surface area contributed by atoms with Crippen molar-refractivity contribution in [2.75, 3.05) is 5.32 Å². The number of amides is 2. The number of hydrogen-bond acceptors (Lipinski definition) is 4. The van der Waals surface area contributed by atoms with Gasteiger partial charge in [-0.05, 0) is 30.3 Å². The maximum atomic E-state index is 12.5. The highest BCUT2D eigenvalue weighted by atomic mass is 35.5. The van der Waals surface area contributed by atoms with Crippen LogP contribution in [0.5, 0.6) is 0 Å². The van der Waals surface area contributed by atoms with Crippen LogP contribution in [0.15, 0.2) is 53.5 Å². The second-order valence-corrected chi connectivity index (χ2v) is 7.32. The predicted molar refractivity (Wildman–Crippen MR) is 103 cm³/mol. The summed E-state index contributed by atoms with van der Waals surface area (Å²) in [5, 5.41) is 6.06. The van der Waals surface area contributed by atoms with Crippen LogP contribution in [-0.2, 0) is 9.59 Å². The molecule has 8 heteroatoms. The zero-order valence-corrected chi connectivity index (χ0v) is 15.2. The molecule has 1 aliphatic rings. The number of thioether (sulfide) groups is 1. The predicted octanol–water partition coefficient (Wildman–Crippen LogP) is 4.24. The standard InChI is InChI=1S/C17H13Cl2N3O2S/c18-10-6-11(19)8-13(7-10)20-16(24)14-9-15(23)22-17(25-14)21-12-4-2-1-3-5-12/h1-8,14H,9H2,(H,20,24)(H,21,22,23)/t14-/m1/s1. The molecule has 2 N–H and O–H groups in total. The zero-order valence-electron chi connectivity index (χ0n) is 12.8. The molecule has 1 aliphatic heterocycles. The number of carbonyl (C=O) groups is 2. The fourth-order valence-corrected chi connectivity index (χ4v) is 3.74. The Kier molecular flexibility index (Phi) is 5.63. The van der Waals surface area contributed by atoms with Gasteiger partial charge in [0.05, 0.1) is 5.69 Å². The molecule has 1 atom stereocenters. The minimum absolute atomic E-state index is 0.0681. The topological polar surface area (TPSA) is 70.6 Å². The highest BCUT2D eigenvalue weighted by Gasteiger charge is 2.30. The van der Waals surface area contributed by atoms with Crippen molar-refractivity contribution < 1.29 is 9.59 Å².